The molecule has 0 N–H and O–H groups in total. The topological polar surface area (TPSA) is 30.7 Å². The smallest absolute Gasteiger partial charge is 0.176 e. The number of aromatic nitrogens is 3. The average Bonchev–Trinajstić information content (AvgIpc) is 2.95. The highest BCUT2D eigenvalue weighted by molar-refractivity contribution is 8.00. The standard InChI is InChI=1S/C13H13N3S2/c1-9(2)16-11-6-4-3-5-10(11)15-12(16)18-13-14-7-8-17-13/h3-9H,1-2H3. The summed E-state index contributed by atoms with van der Waals surface area (Å²) in [4.78, 5) is 9.01. The summed E-state index contributed by atoms with van der Waals surface area (Å²) in [5.74, 6) is 0. The van der Waals surface area contributed by atoms with Crippen LogP contribution in [-0.2, 0) is 0 Å². The van der Waals surface area contributed by atoms with Crippen LogP contribution in [0.2, 0.25) is 0 Å². The lowest BCUT2D eigenvalue weighted by Crippen LogP contribution is -2.01. The van der Waals surface area contributed by atoms with E-state index in [1.165, 1.54) is 5.52 Å². The normalized spacial score (nSPS) is 11.5. The number of hydrogen-bond acceptors (Lipinski definition) is 4. The lowest BCUT2D eigenvalue weighted by Gasteiger charge is -2.11. The third-order valence-corrected chi connectivity index (χ3v) is 4.52. The maximum Gasteiger partial charge on any atom is 0.176 e. The third-order valence-electron chi connectivity index (χ3n) is 2.67. The van der Waals surface area contributed by atoms with E-state index in [2.05, 4.69) is 41.6 Å². The van der Waals surface area contributed by atoms with Crippen LogP contribution in [0.1, 0.15) is 19.9 Å². The van der Waals surface area contributed by atoms with Gasteiger partial charge < -0.3 is 4.57 Å². The van der Waals surface area contributed by atoms with Crippen molar-refractivity contribution in [2.75, 3.05) is 0 Å². The monoisotopic (exact) mass is 275 g/mol. The van der Waals surface area contributed by atoms with Crippen molar-refractivity contribution in [3.05, 3.63) is 35.8 Å². The Morgan fingerprint density at radius 3 is 2.83 bits per heavy atom. The van der Waals surface area contributed by atoms with Gasteiger partial charge in [0.25, 0.3) is 0 Å². The Hall–Kier alpha value is -1.33. The summed E-state index contributed by atoms with van der Waals surface area (Å²) in [7, 11) is 0. The van der Waals surface area contributed by atoms with Gasteiger partial charge in [-0.1, -0.05) is 12.1 Å². The first kappa shape index (κ1) is 11.7. The SMILES string of the molecule is CC(C)n1c(Sc2nccs2)nc2ccccc21. The van der Waals surface area contributed by atoms with E-state index in [-0.39, 0.29) is 0 Å². The van der Waals surface area contributed by atoms with Gasteiger partial charge >= 0.3 is 0 Å². The Balaban J connectivity index is 2.13. The van der Waals surface area contributed by atoms with Crippen molar-refractivity contribution < 1.29 is 0 Å². The van der Waals surface area contributed by atoms with Gasteiger partial charge in [0.2, 0.25) is 0 Å². The van der Waals surface area contributed by atoms with Crippen molar-refractivity contribution in [1.82, 2.24) is 14.5 Å². The van der Waals surface area contributed by atoms with Crippen LogP contribution in [0.4, 0.5) is 0 Å². The molecule has 18 heavy (non-hydrogen) atoms. The number of rotatable bonds is 3. The zero-order chi connectivity index (χ0) is 12.5. The zero-order valence-electron chi connectivity index (χ0n) is 10.2. The van der Waals surface area contributed by atoms with Gasteiger partial charge in [-0.15, -0.1) is 11.3 Å². The van der Waals surface area contributed by atoms with Gasteiger partial charge in [-0.2, -0.15) is 0 Å². The summed E-state index contributed by atoms with van der Waals surface area (Å²) in [5.41, 5.74) is 2.23. The predicted octanol–water partition coefficient (Wildman–Crippen LogP) is 4.22. The molecule has 0 aliphatic heterocycles. The summed E-state index contributed by atoms with van der Waals surface area (Å²) >= 11 is 3.28. The third kappa shape index (κ3) is 2.04. The largest absolute Gasteiger partial charge is 0.316 e. The van der Waals surface area contributed by atoms with Crippen molar-refractivity contribution in [2.24, 2.45) is 0 Å². The minimum atomic E-state index is 0.389. The van der Waals surface area contributed by atoms with E-state index in [0.717, 1.165) is 15.0 Å². The molecule has 1 aromatic carbocycles. The molecule has 5 heteroatoms. The molecule has 3 rings (SSSR count). The summed E-state index contributed by atoms with van der Waals surface area (Å²) in [6.07, 6.45) is 1.83. The van der Waals surface area contributed by atoms with E-state index in [9.17, 15) is 0 Å². The van der Waals surface area contributed by atoms with Crippen LogP contribution in [0.15, 0.2) is 45.3 Å². The molecule has 3 nitrogen and oxygen atoms in total. The molecule has 0 bridgehead atoms. The number of hydrogen-bond donors (Lipinski definition) is 0. The molecule has 0 fully saturated rings. The summed E-state index contributed by atoms with van der Waals surface area (Å²) in [6.45, 7) is 4.36. The first-order chi connectivity index (χ1) is 8.75. The molecule has 0 spiro atoms. The minimum absolute atomic E-state index is 0.389. The fraction of sp³-hybridized carbons (Fsp3) is 0.231. The number of fused-ring (bicyclic) bond motifs is 1. The second-order valence-electron chi connectivity index (χ2n) is 4.25. The van der Waals surface area contributed by atoms with E-state index in [1.54, 1.807) is 23.1 Å². The molecule has 0 saturated carbocycles. The Kier molecular flexibility index (Phi) is 3.09. The molecular formula is C13H13N3S2. The highest BCUT2D eigenvalue weighted by Crippen LogP contribution is 2.33. The maximum absolute atomic E-state index is 4.70. The van der Waals surface area contributed by atoms with Gasteiger partial charge in [0.1, 0.15) is 0 Å². The summed E-state index contributed by atoms with van der Waals surface area (Å²) in [6, 6.07) is 8.65. The van der Waals surface area contributed by atoms with Crippen LogP contribution in [-0.4, -0.2) is 14.5 Å². The molecule has 0 radical (unpaired) electrons. The van der Waals surface area contributed by atoms with Crippen LogP contribution in [0.5, 0.6) is 0 Å². The Labute approximate surface area is 114 Å². The lowest BCUT2D eigenvalue weighted by atomic mass is 10.3. The van der Waals surface area contributed by atoms with Gasteiger partial charge in [0.05, 0.1) is 11.0 Å². The van der Waals surface area contributed by atoms with Crippen LogP contribution >= 0.6 is 23.1 Å². The van der Waals surface area contributed by atoms with Crippen LogP contribution in [0.3, 0.4) is 0 Å². The van der Waals surface area contributed by atoms with E-state index >= 15 is 0 Å². The first-order valence-corrected chi connectivity index (χ1v) is 7.49. The first-order valence-electron chi connectivity index (χ1n) is 5.80. The zero-order valence-corrected chi connectivity index (χ0v) is 11.8. The fourth-order valence-electron chi connectivity index (χ4n) is 1.93. The average molecular weight is 275 g/mol. The maximum atomic E-state index is 4.70. The molecule has 0 aliphatic rings. The van der Waals surface area contributed by atoms with E-state index < -0.39 is 0 Å². The molecule has 2 aromatic heterocycles. The highest BCUT2D eigenvalue weighted by atomic mass is 32.2. The second-order valence-corrected chi connectivity index (χ2v) is 6.36. The Morgan fingerprint density at radius 1 is 1.28 bits per heavy atom. The number of benzene rings is 1. The van der Waals surface area contributed by atoms with E-state index in [4.69, 9.17) is 4.98 Å². The lowest BCUT2D eigenvalue weighted by molar-refractivity contribution is 0.566. The van der Waals surface area contributed by atoms with Crippen LogP contribution in [0.25, 0.3) is 11.0 Å². The fourth-order valence-corrected chi connectivity index (χ4v) is 3.70. The van der Waals surface area contributed by atoms with Gasteiger partial charge in [0, 0.05) is 17.6 Å². The molecule has 3 aromatic rings. The van der Waals surface area contributed by atoms with Crippen molar-refractivity contribution in [2.45, 2.75) is 29.4 Å². The van der Waals surface area contributed by atoms with Gasteiger partial charge in [-0.3, -0.25) is 0 Å². The van der Waals surface area contributed by atoms with Gasteiger partial charge in [-0.25, -0.2) is 9.97 Å². The van der Waals surface area contributed by atoms with Crippen LogP contribution in [0, 0.1) is 0 Å². The summed E-state index contributed by atoms with van der Waals surface area (Å²) in [5, 5.41) is 3.01. The van der Waals surface area contributed by atoms with Crippen molar-refractivity contribution in [3.8, 4) is 0 Å². The molecule has 0 aliphatic carbocycles. The molecular weight excluding hydrogens is 262 g/mol. The number of thiazole rings is 1. The van der Waals surface area contributed by atoms with E-state index in [0.29, 0.717) is 6.04 Å². The quantitative estimate of drug-likeness (QED) is 0.717. The molecule has 0 saturated heterocycles. The highest BCUT2D eigenvalue weighted by Gasteiger charge is 2.14. The second kappa shape index (κ2) is 4.74. The molecule has 92 valence electrons. The predicted molar refractivity (Wildman–Crippen MR) is 76.4 cm³/mol. The molecule has 0 amide bonds. The van der Waals surface area contributed by atoms with Crippen molar-refractivity contribution >= 4 is 34.1 Å². The number of para-hydroxylation sites is 2. The Bertz CT molecular complexity index is 656. The summed E-state index contributed by atoms with van der Waals surface area (Å²) < 4.78 is 3.30. The van der Waals surface area contributed by atoms with Crippen molar-refractivity contribution in [1.29, 1.82) is 0 Å². The van der Waals surface area contributed by atoms with Gasteiger partial charge in [-0.05, 0) is 37.7 Å². The number of nitrogens with zero attached hydrogens (tertiary/aromatic N) is 3. The Morgan fingerprint density at radius 2 is 2.11 bits per heavy atom. The van der Waals surface area contributed by atoms with Gasteiger partial charge in [0.15, 0.2) is 9.50 Å². The van der Waals surface area contributed by atoms with E-state index in [1.807, 2.05) is 17.6 Å². The molecule has 2 heterocycles. The number of imidazole rings is 1. The molecule has 0 unspecified atom stereocenters. The minimum Gasteiger partial charge on any atom is -0.316 e. The molecule has 0 atom stereocenters. The van der Waals surface area contributed by atoms with Crippen molar-refractivity contribution in [3.63, 3.8) is 0 Å². The van der Waals surface area contributed by atoms with Crippen LogP contribution < -0.4 is 0 Å².